The highest BCUT2D eigenvalue weighted by molar-refractivity contribution is 5.02. The van der Waals surface area contributed by atoms with Crippen molar-refractivity contribution in [3.8, 4) is 6.07 Å². The first-order valence-electron chi connectivity index (χ1n) is 3.91. The van der Waals surface area contributed by atoms with Crippen molar-refractivity contribution in [1.29, 1.82) is 5.26 Å². The standard InChI is InChI=1S/C8H14N2O/c1-8(2,7-9)10-3-5-11-6-4-10/h3-6H2,1-2H3. The molecule has 0 bridgehead atoms. The summed E-state index contributed by atoms with van der Waals surface area (Å²) >= 11 is 0. The maximum Gasteiger partial charge on any atom is 0.103 e. The Bertz CT molecular complexity index is 165. The molecule has 3 nitrogen and oxygen atoms in total. The highest BCUT2D eigenvalue weighted by Crippen LogP contribution is 2.14. The maximum absolute atomic E-state index is 8.81. The summed E-state index contributed by atoms with van der Waals surface area (Å²) in [7, 11) is 0. The average Bonchev–Trinajstić information content (AvgIpc) is 2.06. The van der Waals surface area contributed by atoms with Crippen LogP contribution >= 0.6 is 0 Å². The van der Waals surface area contributed by atoms with E-state index in [1.807, 2.05) is 13.8 Å². The molecule has 1 aliphatic heterocycles. The monoisotopic (exact) mass is 154 g/mol. The molecule has 62 valence electrons. The summed E-state index contributed by atoms with van der Waals surface area (Å²) < 4.78 is 5.19. The fourth-order valence-electron chi connectivity index (χ4n) is 1.19. The van der Waals surface area contributed by atoms with Crippen molar-refractivity contribution in [2.45, 2.75) is 19.4 Å². The molecule has 0 aromatic heterocycles. The summed E-state index contributed by atoms with van der Waals surface area (Å²) in [6.45, 7) is 7.15. The van der Waals surface area contributed by atoms with Crippen molar-refractivity contribution in [2.75, 3.05) is 26.3 Å². The first kappa shape index (κ1) is 8.51. The molecule has 3 heteroatoms. The largest absolute Gasteiger partial charge is 0.379 e. The second kappa shape index (κ2) is 3.21. The smallest absolute Gasteiger partial charge is 0.103 e. The van der Waals surface area contributed by atoms with Gasteiger partial charge in [-0.2, -0.15) is 5.26 Å². The Morgan fingerprint density at radius 2 is 1.91 bits per heavy atom. The molecule has 0 aromatic rings. The third-order valence-electron chi connectivity index (χ3n) is 2.08. The van der Waals surface area contributed by atoms with E-state index >= 15 is 0 Å². The van der Waals surface area contributed by atoms with Crippen LogP contribution in [0.4, 0.5) is 0 Å². The van der Waals surface area contributed by atoms with Gasteiger partial charge in [-0.05, 0) is 13.8 Å². The molecule has 1 rings (SSSR count). The second-order valence-corrected chi connectivity index (χ2v) is 3.27. The first-order valence-corrected chi connectivity index (χ1v) is 3.91. The van der Waals surface area contributed by atoms with E-state index in [1.54, 1.807) is 0 Å². The molecule has 0 radical (unpaired) electrons. The second-order valence-electron chi connectivity index (χ2n) is 3.27. The summed E-state index contributed by atoms with van der Waals surface area (Å²) in [5, 5.41) is 8.81. The van der Waals surface area contributed by atoms with Gasteiger partial charge in [0.05, 0.1) is 19.3 Å². The summed E-state index contributed by atoms with van der Waals surface area (Å²) in [6.07, 6.45) is 0. The molecular formula is C8H14N2O. The van der Waals surface area contributed by atoms with Crippen LogP contribution in [-0.4, -0.2) is 36.7 Å². The van der Waals surface area contributed by atoms with Gasteiger partial charge in [0.2, 0.25) is 0 Å². The molecular weight excluding hydrogens is 140 g/mol. The maximum atomic E-state index is 8.81. The summed E-state index contributed by atoms with van der Waals surface area (Å²) in [5.41, 5.74) is -0.330. The summed E-state index contributed by atoms with van der Waals surface area (Å²) in [5.74, 6) is 0. The van der Waals surface area contributed by atoms with Crippen molar-refractivity contribution in [1.82, 2.24) is 4.90 Å². The van der Waals surface area contributed by atoms with Gasteiger partial charge in [-0.1, -0.05) is 0 Å². The van der Waals surface area contributed by atoms with Crippen LogP contribution in [0.5, 0.6) is 0 Å². The van der Waals surface area contributed by atoms with Crippen molar-refractivity contribution in [3.05, 3.63) is 0 Å². The molecule has 1 fully saturated rings. The van der Waals surface area contributed by atoms with Gasteiger partial charge in [0.1, 0.15) is 5.54 Å². The van der Waals surface area contributed by atoms with Crippen LogP contribution in [0.2, 0.25) is 0 Å². The lowest BCUT2D eigenvalue weighted by molar-refractivity contribution is 0.00685. The molecule has 0 unspecified atom stereocenters. The SMILES string of the molecule is CC(C)(C#N)N1CCOCC1. The number of hydrogen-bond acceptors (Lipinski definition) is 3. The first-order chi connectivity index (χ1) is 5.17. The van der Waals surface area contributed by atoms with E-state index in [-0.39, 0.29) is 5.54 Å². The lowest BCUT2D eigenvalue weighted by Gasteiger charge is -2.35. The summed E-state index contributed by atoms with van der Waals surface area (Å²) in [6, 6.07) is 2.28. The van der Waals surface area contributed by atoms with Gasteiger partial charge in [0.25, 0.3) is 0 Å². The van der Waals surface area contributed by atoms with Crippen LogP contribution in [-0.2, 0) is 4.74 Å². The summed E-state index contributed by atoms with van der Waals surface area (Å²) in [4.78, 5) is 2.15. The van der Waals surface area contributed by atoms with Gasteiger partial charge in [0.15, 0.2) is 0 Å². The third kappa shape index (κ3) is 1.92. The van der Waals surface area contributed by atoms with Crippen LogP contribution in [0.1, 0.15) is 13.8 Å². The molecule has 0 spiro atoms. The van der Waals surface area contributed by atoms with Gasteiger partial charge in [-0.3, -0.25) is 4.90 Å². The number of ether oxygens (including phenoxy) is 1. The number of hydrogen-bond donors (Lipinski definition) is 0. The van der Waals surface area contributed by atoms with E-state index in [0.717, 1.165) is 26.3 Å². The van der Waals surface area contributed by atoms with E-state index in [0.29, 0.717) is 0 Å². The van der Waals surface area contributed by atoms with E-state index in [4.69, 9.17) is 10.00 Å². The Balaban J connectivity index is 2.52. The van der Waals surface area contributed by atoms with Gasteiger partial charge < -0.3 is 4.74 Å². The molecule has 0 aliphatic carbocycles. The number of rotatable bonds is 1. The van der Waals surface area contributed by atoms with Crippen LogP contribution in [0.15, 0.2) is 0 Å². The van der Waals surface area contributed by atoms with Crippen molar-refractivity contribution in [3.63, 3.8) is 0 Å². The van der Waals surface area contributed by atoms with E-state index in [1.165, 1.54) is 0 Å². The number of nitriles is 1. The quantitative estimate of drug-likeness (QED) is 0.555. The Hall–Kier alpha value is -0.590. The van der Waals surface area contributed by atoms with Crippen LogP contribution in [0.25, 0.3) is 0 Å². The molecule has 1 saturated heterocycles. The van der Waals surface area contributed by atoms with E-state index < -0.39 is 0 Å². The van der Waals surface area contributed by atoms with Gasteiger partial charge >= 0.3 is 0 Å². The zero-order chi connectivity index (χ0) is 8.32. The molecule has 11 heavy (non-hydrogen) atoms. The minimum absolute atomic E-state index is 0.330. The van der Waals surface area contributed by atoms with Gasteiger partial charge in [-0.25, -0.2) is 0 Å². The predicted octanol–water partition coefficient (Wildman–Crippen LogP) is 0.621. The number of morpholine rings is 1. The Kier molecular flexibility index (Phi) is 2.48. The topological polar surface area (TPSA) is 36.3 Å². The van der Waals surface area contributed by atoms with Gasteiger partial charge in [-0.15, -0.1) is 0 Å². The molecule has 0 saturated carbocycles. The van der Waals surface area contributed by atoms with Crippen molar-refractivity contribution >= 4 is 0 Å². The minimum atomic E-state index is -0.330. The highest BCUT2D eigenvalue weighted by atomic mass is 16.5. The van der Waals surface area contributed by atoms with Crippen molar-refractivity contribution < 1.29 is 4.74 Å². The fourth-order valence-corrected chi connectivity index (χ4v) is 1.19. The Labute approximate surface area is 67.6 Å². The predicted molar refractivity (Wildman–Crippen MR) is 42.1 cm³/mol. The Morgan fingerprint density at radius 1 is 1.36 bits per heavy atom. The molecule has 1 aliphatic rings. The lowest BCUT2D eigenvalue weighted by atomic mass is 10.1. The zero-order valence-corrected chi connectivity index (χ0v) is 7.13. The molecule has 0 aromatic carbocycles. The fraction of sp³-hybridized carbons (Fsp3) is 0.875. The lowest BCUT2D eigenvalue weighted by Crippen LogP contribution is -2.48. The highest BCUT2D eigenvalue weighted by Gasteiger charge is 2.27. The minimum Gasteiger partial charge on any atom is -0.379 e. The van der Waals surface area contributed by atoms with Crippen LogP contribution in [0, 0.1) is 11.3 Å². The molecule has 0 amide bonds. The van der Waals surface area contributed by atoms with Crippen LogP contribution < -0.4 is 0 Å². The molecule has 0 N–H and O–H groups in total. The van der Waals surface area contributed by atoms with Gasteiger partial charge in [0, 0.05) is 13.1 Å². The molecule has 0 atom stereocenters. The Morgan fingerprint density at radius 3 is 2.36 bits per heavy atom. The zero-order valence-electron chi connectivity index (χ0n) is 7.13. The third-order valence-corrected chi connectivity index (χ3v) is 2.08. The normalized spacial score (nSPS) is 21.2. The average molecular weight is 154 g/mol. The van der Waals surface area contributed by atoms with Crippen molar-refractivity contribution in [2.24, 2.45) is 0 Å². The number of nitrogens with zero attached hydrogens (tertiary/aromatic N) is 2. The van der Waals surface area contributed by atoms with E-state index in [9.17, 15) is 0 Å². The van der Waals surface area contributed by atoms with Crippen LogP contribution in [0.3, 0.4) is 0 Å². The molecule has 1 heterocycles. The van der Waals surface area contributed by atoms with E-state index in [2.05, 4.69) is 11.0 Å².